The van der Waals surface area contributed by atoms with Crippen molar-refractivity contribution in [2.45, 2.75) is 19.4 Å². The topological polar surface area (TPSA) is 76.9 Å². The van der Waals surface area contributed by atoms with E-state index in [1.54, 1.807) is 17.9 Å². The predicted octanol–water partition coefficient (Wildman–Crippen LogP) is -1.14. The standard InChI is InChI=1S/C14H20N6O2/c1-17-7-4-5-10(17)15-6-8-20-9-16-12-11(20)13(21)19(3)14(22)18(12)2/h9H,4-8H2,1-3H3/p+1. The van der Waals surface area contributed by atoms with Crippen LogP contribution in [0.5, 0.6) is 0 Å². The lowest BCUT2D eigenvalue weighted by Crippen LogP contribution is -2.38. The third-order valence-electron chi connectivity index (χ3n) is 4.27. The maximum atomic E-state index is 12.3. The molecule has 3 heterocycles. The van der Waals surface area contributed by atoms with E-state index in [-0.39, 0.29) is 11.2 Å². The van der Waals surface area contributed by atoms with Gasteiger partial charge in [0, 0.05) is 14.1 Å². The molecule has 0 unspecified atom stereocenters. The fourth-order valence-electron chi connectivity index (χ4n) is 2.92. The zero-order valence-electron chi connectivity index (χ0n) is 13.2. The number of rotatable bonds is 3. The fraction of sp³-hybridized carbons (Fsp3) is 0.571. The summed E-state index contributed by atoms with van der Waals surface area (Å²) in [7, 11) is 5.19. The molecule has 0 amide bonds. The minimum absolute atomic E-state index is 0.304. The summed E-state index contributed by atoms with van der Waals surface area (Å²) in [6, 6.07) is 0. The van der Waals surface area contributed by atoms with E-state index >= 15 is 0 Å². The Morgan fingerprint density at radius 3 is 2.77 bits per heavy atom. The maximum Gasteiger partial charge on any atom is 0.332 e. The van der Waals surface area contributed by atoms with E-state index in [4.69, 9.17) is 0 Å². The molecule has 0 saturated heterocycles. The van der Waals surface area contributed by atoms with Crippen LogP contribution in [0.25, 0.3) is 11.2 Å². The van der Waals surface area contributed by atoms with Crippen molar-refractivity contribution in [2.24, 2.45) is 14.1 Å². The highest BCUT2D eigenvalue weighted by Crippen LogP contribution is 2.05. The number of hydrogen-bond donors (Lipinski definition) is 1. The molecule has 0 aliphatic carbocycles. The van der Waals surface area contributed by atoms with Crippen LogP contribution in [-0.2, 0) is 20.6 Å². The van der Waals surface area contributed by atoms with Gasteiger partial charge in [-0.15, -0.1) is 0 Å². The molecule has 8 nitrogen and oxygen atoms in total. The maximum absolute atomic E-state index is 12.3. The van der Waals surface area contributed by atoms with Crippen LogP contribution in [0.2, 0.25) is 0 Å². The van der Waals surface area contributed by atoms with Gasteiger partial charge in [-0.2, -0.15) is 0 Å². The van der Waals surface area contributed by atoms with Crippen molar-refractivity contribution in [3.8, 4) is 0 Å². The number of aryl methyl sites for hydroxylation is 1. The van der Waals surface area contributed by atoms with Gasteiger partial charge in [-0.3, -0.25) is 23.8 Å². The number of fused-ring (bicyclic) bond motifs is 1. The molecule has 118 valence electrons. The van der Waals surface area contributed by atoms with Gasteiger partial charge in [-0.05, 0) is 6.42 Å². The van der Waals surface area contributed by atoms with Crippen LogP contribution in [0, 0.1) is 0 Å². The molecular formula is C14H21N6O2+. The average Bonchev–Trinajstić information content (AvgIpc) is 3.10. The first-order valence-corrected chi connectivity index (χ1v) is 7.42. The zero-order chi connectivity index (χ0) is 15.9. The van der Waals surface area contributed by atoms with Crippen LogP contribution in [0.4, 0.5) is 0 Å². The van der Waals surface area contributed by atoms with Crippen molar-refractivity contribution in [3.63, 3.8) is 0 Å². The monoisotopic (exact) mass is 305 g/mol. The Bertz CT molecular complexity index is 870. The minimum atomic E-state index is -0.357. The summed E-state index contributed by atoms with van der Waals surface area (Å²) < 4.78 is 6.54. The Morgan fingerprint density at radius 2 is 2.09 bits per heavy atom. The van der Waals surface area contributed by atoms with Gasteiger partial charge in [-0.1, -0.05) is 0 Å². The third kappa shape index (κ3) is 2.24. The second kappa shape index (κ2) is 5.43. The van der Waals surface area contributed by atoms with Crippen molar-refractivity contribution < 1.29 is 4.58 Å². The first-order valence-electron chi connectivity index (χ1n) is 7.42. The molecule has 0 radical (unpaired) electrons. The Hall–Kier alpha value is -2.38. The van der Waals surface area contributed by atoms with Crippen LogP contribution >= 0.6 is 0 Å². The number of imidazole rings is 1. The van der Waals surface area contributed by atoms with Gasteiger partial charge in [-0.25, -0.2) is 9.78 Å². The fourth-order valence-corrected chi connectivity index (χ4v) is 2.92. The van der Waals surface area contributed by atoms with E-state index in [1.165, 1.54) is 23.9 Å². The zero-order valence-corrected chi connectivity index (χ0v) is 13.2. The highest BCUT2D eigenvalue weighted by atomic mass is 16.2. The normalized spacial score (nSPS) is 15.0. The molecule has 2 aromatic heterocycles. The second-order valence-corrected chi connectivity index (χ2v) is 5.71. The molecule has 0 saturated carbocycles. The number of nitrogens with zero attached hydrogens (tertiary/aromatic N) is 5. The molecule has 1 aliphatic heterocycles. The van der Waals surface area contributed by atoms with Gasteiger partial charge >= 0.3 is 5.69 Å². The quantitative estimate of drug-likeness (QED) is 0.727. The molecule has 0 bridgehead atoms. The minimum Gasteiger partial charge on any atom is -0.321 e. The Balaban J connectivity index is 1.88. The smallest absolute Gasteiger partial charge is 0.321 e. The highest BCUT2D eigenvalue weighted by Gasteiger charge is 2.18. The summed E-state index contributed by atoms with van der Waals surface area (Å²) in [5, 5.41) is 3.41. The van der Waals surface area contributed by atoms with E-state index in [9.17, 15) is 9.59 Å². The largest absolute Gasteiger partial charge is 0.332 e. The van der Waals surface area contributed by atoms with Gasteiger partial charge in [0.2, 0.25) is 5.84 Å². The molecule has 1 N–H and O–H groups in total. The lowest BCUT2D eigenvalue weighted by molar-refractivity contribution is -0.490. The van der Waals surface area contributed by atoms with Gasteiger partial charge < -0.3 is 4.57 Å². The number of aromatic nitrogens is 4. The molecule has 1 aliphatic rings. The molecule has 0 spiro atoms. The molecule has 22 heavy (non-hydrogen) atoms. The van der Waals surface area contributed by atoms with Crippen molar-refractivity contribution in [3.05, 3.63) is 27.2 Å². The van der Waals surface area contributed by atoms with Crippen molar-refractivity contribution in [1.29, 1.82) is 0 Å². The number of hydrogen-bond acceptors (Lipinski definition) is 4. The molecule has 8 heteroatoms. The van der Waals surface area contributed by atoms with Crippen LogP contribution in [0.3, 0.4) is 0 Å². The average molecular weight is 305 g/mol. The number of nitrogens with one attached hydrogen (secondary N) is 1. The molecule has 0 atom stereocenters. The highest BCUT2D eigenvalue weighted by molar-refractivity contribution is 5.78. The van der Waals surface area contributed by atoms with E-state index in [1.807, 2.05) is 0 Å². The summed E-state index contributed by atoms with van der Waals surface area (Å²) in [4.78, 5) is 28.4. The van der Waals surface area contributed by atoms with E-state index < -0.39 is 0 Å². The first kappa shape index (κ1) is 14.6. The number of amidine groups is 1. The second-order valence-electron chi connectivity index (χ2n) is 5.71. The van der Waals surface area contributed by atoms with Crippen molar-refractivity contribution >= 4 is 17.0 Å². The SMILES string of the molecule is Cn1c(=O)c2c(ncn2CCNC2=[N+](C)CCC2)n(C)c1=O. The van der Waals surface area contributed by atoms with Crippen LogP contribution in [0.15, 0.2) is 15.9 Å². The van der Waals surface area contributed by atoms with Crippen molar-refractivity contribution in [2.75, 3.05) is 20.1 Å². The van der Waals surface area contributed by atoms with E-state index in [0.717, 1.165) is 24.1 Å². The van der Waals surface area contributed by atoms with Gasteiger partial charge in [0.05, 0.1) is 32.9 Å². The van der Waals surface area contributed by atoms with Crippen LogP contribution in [0.1, 0.15) is 12.8 Å². The summed E-state index contributed by atoms with van der Waals surface area (Å²) >= 11 is 0. The Labute approximate surface area is 127 Å². The van der Waals surface area contributed by atoms with Crippen LogP contribution in [-0.4, -0.2) is 49.2 Å². The lowest BCUT2D eigenvalue weighted by Gasteiger charge is -2.06. The van der Waals surface area contributed by atoms with E-state index in [2.05, 4.69) is 21.9 Å². The molecule has 2 aromatic rings. The summed E-state index contributed by atoms with van der Waals surface area (Å²) in [5.41, 5.74) is 0.236. The predicted molar refractivity (Wildman–Crippen MR) is 83.5 cm³/mol. The van der Waals surface area contributed by atoms with Gasteiger partial charge in [0.15, 0.2) is 11.2 Å². The van der Waals surface area contributed by atoms with E-state index in [0.29, 0.717) is 17.7 Å². The first-order chi connectivity index (χ1) is 10.5. The summed E-state index contributed by atoms with van der Waals surface area (Å²) in [6.07, 6.45) is 3.86. The summed E-state index contributed by atoms with van der Waals surface area (Å²) in [6.45, 7) is 2.43. The summed E-state index contributed by atoms with van der Waals surface area (Å²) in [5.74, 6) is 1.24. The molecule has 0 fully saturated rings. The van der Waals surface area contributed by atoms with Gasteiger partial charge in [0.1, 0.15) is 6.54 Å². The van der Waals surface area contributed by atoms with Crippen LogP contribution < -0.4 is 16.6 Å². The van der Waals surface area contributed by atoms with Gasteiger partial charge in [0.25, 0.3) is 5.56 Å². The molecule has 0 aromatic carbocycles. The lowest BCUT2D eigenvalue weighted by atomic mass is 10.3. The van der Waals surface area contributed by atoms with Crippen molar-refractivity contribution in [1.82, 2.24) is 24.0 Å². The molecular weight excluding hydrogens is 284 g/mol. The Morgan fingerprint density at radius 1 is 1.32 bits per heavy atom. The Kier molecular flexibility index (Phi) is 3.59. The molecule has 3 rings (SSSR count). The third-order valence-corrected chi connectivity index (χ3v) is 4.27.